The quantitative estimate of drug-likeness (QED) is 0.714. The smallest absolute Gasteiger partial charge is 0.224 e. The van der Waals surface area contributed by atoms with Gasteiger partial charge in [0.2, 0.25) is 5.28 Å². The standard InChI is InChI=1S/C17H16ClN3O/c1-2-22-13-9-7-12(8-10-13)11-19-16-14-5-3-4-6-15(14)20-17(18)21-16/h3-10H,2,11H2,1H3,(H,19,20,21). The first kappa shape index (κ1) is 14.6. The maximum absolute atomic E-state index is 5.98. The van der Waals surface area contributed by atoms with Crippen molar-refractivity contribution in [2.45, 2.75) is 13.5 Å². The maximum Gasteiger partial charge on any atom is 0.224 e. The summed E-state index contributed by atoms with van der Waals surface area (Å²) in [6.45, 7) is 3.30. The van der Waals surface area contributed by atoms with E-state index in [-0.39, 0.29) is 5.28 Å². The van der Waals surface area contributed by atoms with Crippen LogP contribution in [0.4, 0.5) is 5.82 Å². The number of hydrogen-bond donors (Lipinski definition) is 1. The number of ether oxygens (including phenoxy) is 1. The fraction of sp³-hybridized carbons (Fsp3) is 0.176. The van der Waals surface area contributed by atoms with Gasteiger partial charge in [-0.3, -0.25) is 0 Å². The summed E-state index contributed by atoms with van der Waals surface area (Å²) in [5, 5.41) is 4.52. The molecule has 0 bridgehead atoms. The topological polar surface area (TPSA) is 47.0 Å². The summed E-state index contributed by atoms with van der Waals surface area (Å²) in [6.07, 6.45) is 0. The highest BCUT2D eigenvalue weighted by Gasteiger charge is 2.06. The molecule has 112 valence electrons. The van der Waals surface area contributed by atoms with E-state index in [9.17, 15) is 0 Å². The zero-order valence-electron chi connectivity index (χ0n) is 12.2. The maximum atomic E-state index is 5.98. The summed E-state index contributed by atoms with van der Waals surface area (Å²) in [5.74, 6) is 1.62. The van der Waals surface area contributed by atoms with Gasteiger partial charge >= 0.3 is 0 Å². The lowest BCUT2D eigenvalue weighted by Gasteiger charge is -2.10. The number of nitrogens with one attached hydrogen (secondary N) is 1. The van der Waals surface area contributed by atoms with Crippen molar-refractivity contribution >= 4 is 28.3 Å². The minimum atomic E-state index is 0.243. The fourth-order valence-electron chi connectivity index (χ4n) is 2.24. The van der Waals surface area contributed by atoms with Crippen molar-refractivity contribution in [3.63, 3.8) is 0 Å². The predicted molar refractivity (Wildman–Crippen MR) is 89.5 cm³/mol. The van der Waals surface area contributed by atoms with Gasteiger partial charge in [0.1, 0.15) is 11.6 Å². The highest BCUT2D eigenvalue weighted by molar-refractivity contribution is 6.28. The fourth-order valence-corrected chi connectivity index (χ4v) is 2.41. The van der Waals surface area contributed by atoms with Gasteiger partial charge in [-0.15, -0.1) is 0 Å². The van der Waals surface area contributed by atoms with Gasteiger partial charge in [0.25, 0.3) is 0 Å². The molecule has 0 aliphatic carbocycles. The van der Waals surface area contributed by atoms with Crippen LogP contribution in [-0.2, 0) is 6.54 Å². The van der Waals surface area contributed by atoms with Gasteiger partial charge in [-0.25, -0.2) is 9.97 Å². The summed E-state index contributed by atoms with van der Waals surface area (Å²) in [5.41, 5.74) is 1.97. The normalized spacial score (nSPS) is 10.6. The lowest BCUT2D eigenvalue weighted by atomic mass is 10.2. The van der Waals surface area contributed by atoms with Gasteiger partial charge in [0.05, 0.1) is 12.1 Å². The Kier molecular flexibility index (Phi) is 4.39. The Morgan fingerprint density at radius 3 is 2.59 bits per heavy atom. The van der Waals surface area contributed by atoms with Crippen LogP contribution in [0.1, 0.15) is 12.5 Å². The van der Waals surface area contributed by atoms with E-state index in [2.05, 4.69) is 15.3 Å². The van der Waals surface area contributed by atoms with Crippen molar-refractivity contribution in [3.8, 4) is 5.75 Å². The Labute approximate surface area is 134 Å². The molecule has 0 saturated heterocycles. The molecule has 0 atom stereocenters. The lowest BCUT2D eigenvalue weighted by Crippen LogP contribution is -2.03. The molecule has 0 aliphatic heterocycles. The molecule has 1 aromatic heterocycles. The zero-order valence-corrected chi connectivity index (χ0v) is 13.0. The number of aromatic nitrogens is 2. The molecule has 0 radical (unpaired) electrons. The molecule has 0 saturated carbocycles. The third kappa shape index (κ3) is 3.28. The molecule has 0 fully saturated rings. The molecular formula is C17H16ClN3O. The van der Waals surface area contributed by atoms with E-state index in [1.807, 2.05) is 55.5 Å². The molecule has 0 amide bonds. The van der Waals surface area contributed by atoms with E-state index < -0.39 is 0 Å². The molecule has 4 nitrogen and oxygen atoms in total. The second-order valence-corrected chi connectivity index (χ2v) is 5.13. The minimum absolute atomic E-state index is 0.243. The molecule has 1 heterocycles. The predicted octanol–water partition coefficient (Wildman–Crippen LogP) is 4.29. The highest BCUT2D eigenvalue weighted by Crippen LogP contribution is 2.22. The number of rotatable bonds is 5. The molecule has 0 spiro atoms. The van der Waals surface area contributed by atoms with Crippen LogP contribution < -0.4 is 10.1 Å². The average Bonchev–Trinajstić information content (AvgIpc) is 2.54. The number of para-hydroxylation sites is 1. The third-order valence-electron chi connectivity index (χ3n) is 3.27. The molecular weight excluding hydrogens is 298 g/mol. The van der Waals surface area contributed by atoms with Crippen LogP contribution >= 0.6 is 11.6 Å². The van der Waals surface area contributed by atoms with Crippen molar-refractivity contribution in [2.75, 3.05) is 11.9 Å². The Morgan fingerprint density at radius 2 is 1.82 bits per heavy atom. The first-order chi connectivity index (χ1) is 10.8. The third-order valence-corrected chi connectivity index (χ3v) is 3.44. The van der Waals surface area contributed by atoms with E-state index in [1.165, 1.54) is 0 Å². The van der Waals surface area contributed by atoms with E-state index >= 15 is 0 Å². The number of benzene rings is 2. The van der Waals surface area contributed by atoms with Gasteiger partial charge < -0.3 is 10.1 Å². The molecule has 5 heteroatoms. The molecule has 0 unspecified atom stereocenters. The minimum Gasteiger partial charge on any atom is -0.494 e. The largest absolute Gasteiger partial charge is 0.494 e. The van der Waals surface area contributed by atoms with Gasteiger partial charge in [-0.05, 0) is 48.4 Å². The van der Waals surface area contributed by atoms with Gasteiger partial charge in [-0.1, -0.05) is 24.3 Å². The lowest BCUT2D eigenvalue weighted by molar-refractivity contribution is 0.340. The van der Waals surface area contributed by atoms with Crippen molar-refractivity contribution in [3.05, 3.63) is 59.4 Å². The SMILES string of the molecule is CCOc1ccc(CNc2nc(Cl)nc3ccccc23)cc1. The number of nitrogens with zero attached hydrogens (tertiary/aromatic N) is 2. The van der Waals surface area contributed by atoms with Crippen LogP contribution in [0.25, 0.3) is 10.9 Å². The monoisotopic (exact) mass is 313 g/mol. The number of halogens is 1. The van der Waals surface area contributed by atoms with E-state index in [1.54, 1.807) is 0 Å². The summed E-state index contributed by atoms with van der Waals surface area (Å²) in [7, 11) is 0. The van der Waals surface area contributed by atoms with Crippen LogP contribution in [-0.4, -0.2) is 16.6 Å². The first-order valence-electron chi connectivity index (χ1n) is 7.14. The van der Waals surface area contributed by atoms with Crippen molar-refractivity contribution < 1.29 is 4.74 Å². The van der Waals surface area contributed by atoms with Crippen molar-refractivity contribution in [1.82, 2.24) is 9.97 Å². The summed E-state index contributed by atoms with van der Waals surface area (Å²) in [4.78, 5) is 8.50. The Balaban J connectivity index is 1.78. The highest BCUT2D eigenvalue weighted by atomic mass is 35.5. The Bertz CT molecular complexity index is 774. The Hall–Kier alpha value is -2.33. The van der Waals surface area contributed by atoms with E-state index in [0.29, 0.717) is 13.2 Å². The van der Waals surface area contributed by atoms with E-state index in [0.717, 1.165) is 28.0 Å². The zero-order chi connectivity index (χ0) is 15.4. The second-order valence-electron chi connectivity index (χ2n) is 4.79. The number of anilines is 1. The first-order valence-corrected chi connectivity index (χ1v) is 7.52. The summed E-state index contributed by atoms with van der Waals surface area (Å²) < 4.78 is 5.44. The van der Waals surface area contributed by atoms with Crippen LogP contribution in [0.3, 0.4) is 0 Å². The van der Waals surface area contributed by atoms with Crippen LogP contribution in [0.15, 0.2) is 48.5 Å². The summed E-state index contributed by atoms with van der Waals surface area (Å²) in [6, 6.07) is 15.8. The van der Waals surface area contributed by atoms with Gasteiger partial charge in [0, 0.05) is 11.9 Å². The molecule has 1 N–H and O–H groups in total. The molecule has 3 aromatic rings. The van der Waals surface area contributed by atoms with Crippen molar-refractivity contribution in [2.24, 2.45) is 0 Å². The number of hydrogen-bond acceptors (Lipinski definition) is 4. The van der Waals surface area contributed by atoms with Gasteiger partial charge in [0.15, 0.2) is 0 Å². The molecule has 0 aliphatic rings. The average molecular weight is 314 g/mol. The van der Waals surface area contributed by atoms with Crippen molar-refractivity contribution in [1.29, 1.82) is 0 Å². The van der Waals surface area contributed by atoms with E-state index in [4.69, 9.17) is 16.3 Å². The summed E-state index contributed by atoms with van der Waals surface area (Å²) >= 11 is 5.98. The van der Waals surface area contributed by atoms with Crippen LogP contribution in [0.5, 0.6) is 5.75 Å². The molecule has 2 aromatic carbocycles. The second kappa shape index (κ2) is 6.62. The Morgan fingerprint density at radius 1 is 1.05 bits per heavy atom. The molecule has 22 heavy (non-hydrogen) atoms. The van der Waals surface area contributed by atoms with Crippen LogP contribution in [0.2, 0.25) is 5.28 Å². The number of fused-ring (bicyclic) bond motifs is 1. The van der Waals surface area contributed by atoms with Crippen LogP contribution in [0, 0.1) is 0 Å². The molecule has 3 rings (SSSR count). The van der Waals surface area contributed by atoms with Gasteiger partial charge in [-0.2, -0.15) is 0 Å².